The van der Waals surface area contributed by atoms with Crippen LogP contribution in [-0.2, 0) is 12.0 Å². The number of pyridine rings is 1. The number of rotatable bonds is 6. The van der Waals surface area contributed by atoms with Crippen molar-refractivity contribution in [3.05, 3.63) is 81.8 Å². The summed E-state index contributed by atoms with van der Waals surface area (Å²) in [4.78, 5) is 39.5. The van der Waals surface area contributed by atoms with Crippen LogP contribution in [0, 0.1) is 0 Å². The third-order valence-electron chi connectivity index (χ3n) is 5.40. The van der Waals surface area contributed by atoms with Gasteiger partial charge in [-0.3, -0.25) is 9.59 Å². The lowest BCUT2D eigenvalue weighted by atomic mass is 9.86. The van der Waals surface area contributed by atoms with Crippen LogP contribution in [0.4, 0.5) is 16.2 Å². The van der Waals surface area contributed by atoms with E-state index in [4.69, 9.17) is 0 Å². The molecule has 0 spiro atoms. The second-order valence-electron chi connectivity index (χ2n) is 8.89. The molecule has 0 saturated carbocycles. The number of benzene rings is 2. The van der Waals surface area contributed by atoms with Gasteiger partial charge in [-0.15, -0.1) is 0 Å². The minimum Gasteiger partial charge on any atom is -0.392 e. The van der Waals surface area contributed by atoms with Crippen molar-refractivity contribution in [1.29, 1.82) is 0 Å². The van der Waals surface area contributed by atoms with E-state index < -0.39 is 11.6 Å². The number of carbonyl (C=O) groups is 2. The number of carbonyl (C=O) groups excluding carboxylic acids is 2. The van der Waals surface area contributed by atoms with Gasteiger partial charge in [0.25, 0.3) is 11.5 Å². The highest BCUT2D eigenvalue weighted by molar-refractivity contribution is 6.05. The molecule has 0 radical (unpaired) electrons. The number of aromatic nitrogens is 1. The number of H-pyrrole nitrogens is 1. The molecule has 34 heavy (non-hydrogen) atoms. The Morgan fingerprint density at radius 1 is 1.00 bits per heavy atom. The molecule has 0 fully saturated rings. The molecule has 0 aliphatic carbocycles. The van der Waals surface area contributed by atoms with Crippen molar-refractivity contribution >= 4 is 23.3 Å². The van der Waals surface area contributed by atoms with E-state index in [0.717, 1.165) is 5.56 Å². The van der Waals surface area contributed by atoms with Gasteiger partial charge in [0, 0.05) is 35.1 Å². The molecule has 3 amide bonds. The Labute approximate surface area is 198 Å². The Balaban J connectivity index is 1.91. The molecule has 1 aromatic heterocycles. The van der Waals surface area contributed by atoms with Gasteiger partial charge in [-0.25, -0.2) is 4.79 Å². The molecule has 3 aromatic rings. The highest BCUT2D eigenvalue weighted by atomic mass is 16.3. The first-order valence-electron chi connectivity index (χ1n) is 11.1. The standard InChI is InChI=1S/C26H30N4O4/c1-5-27-25(34)30-22-13-17(14-28-24(22)33)19-7-6-8-21(20(19)15-31)29-23(32)16-9-11-18(12-10-16)26(2,3)4/h6-14,31H,5,15H2,1-4H3,(H,28,33)(H,29,32)(H2,27,30,34). The zero-order chi connectivity index (χ0) is 24.9. The van der Waals surface area contributed by atoms with Crippen LogP contribution in [-0.4, -0.2) is 28.6 Å². The number of nitrogens with one attached hydrogen (secondary N) is 4. The first-order valence-corrected chi connectivity index (χ1v) is 11.1. The van der Waals surface area contributed by atoms with Crippen molar-refractivity contribution in [2.45, 2.75) is 39.7 Å². The van der Waals surface area contributed by atoms with Crippen LogP contribution in [0.1, 0.15) is 49.2 Å². The molecule has 0 atom stereocenters. The summed E-state index contributed by atoms with van der Waals surface area (Å²) in [5.74, 6) is -0.299. The van der Waals surface area contributed by atoms with Crippen molar-refractivity contribution < 1.29 is 14.7 Å². The molecule has 178 valence electrons. The lowest BCUT2D eigenvalue weighted by Crippen LogP contribution is -2.30. The topological polar surface area (TPSA) is 123 Å². The molecule has 1 heterocycles. The number of aromatic amines is 1. The van der Waals surface area contributed by atoms with E-state index in [2.05, 4.69) is 41.7 Å². The minimum atomic E-state index is -0.494. The fourth-order valence-corrected chi connectivity index (χ4v) is 3.52. The molecule has 0 aliphatic rings. The zero-order valence-electron chi connectivity index (χ0n) is 19.8. The smallest absolute Gasteiger partial charge is 0.319 e. The van der Waals surface area contributed by atoms with Crippen molar-refractivity contribution in [3.63, 3.8) is 0 Å². The van der Waals surface area contributed by atoms with E-state index >= 15 is 0 Å². The number of hydrogen-bond acceptors (Lipinski definition) is 4. The van der Waals surface area contributed by atoms with Gasteiger partial charge in [0.05, 0.1) is 6.61 Å². The molecule has 3 rings (SSSR count). The molecule has 0 aliphatic heterocycles. The van der Waals surface area contributed by atoms with Crippen LogP contribution in [0.15, 0.2) is 59.5 Å². The number of amides is 3. The lowest BCUT2D eigenvalue weighted by molar-refractivity contribution is 0.102. The van der Waals surface area contributed by atoms with Crippen LogP contribution in [0.3, 0.4) is 0 Å². The third kappa shape index (κ3) is 5.71. The summed E-state index contributed by atoms with van der Waals surface area (Å²) in [6.07, 6.45) is 1.50. The van der Waals surface area contributed by atoms with Gasteiger partial charge in [0.1, 0.15) is 5.69 Å². The van der Waals surface area contributed by atoms with Crippen molar-refractivity contribution in [3.8, 4) is 11.1 Å². The summed E-state index contributed by atoms with van der Waals surface area (Å²) in [5.41, 5.74) is 3.34. The zero-order valence-corrected chi connectivity index (χ0v) is 19.8. The fraction of sp³-hybridized carbons (Fsp3) is 0.269. The molecule has 8 heteroatoms. The van der Waals surface area contributed by atoms with Gasteiger partial charge in [-0.1, -0.05) is 45.0 Å². The average Bonchev–Trinajstić information content (AvgIpc) is 2.80. The quantitative estimate of drug-likeness (QED) is 0.376. The van der Waals surface area contributed by atoms with Crippen LogP contribution in [0.25, 0.3) is 11.1 Å². The van der Waals surface area contributed by atoms with Crippen LogP contribution < -0.4 is 21.5 Å². The Morgan fingerprint density at radius 3 is 2.32 bits per heavy atom. The molecule has 0 saturated heterocycles. The van der Waals surface area contributed by atoms with Crippen molar-refractivity contribution in [1.82, 2.24) is 10.3 Å². The van der Waals surface area contributed by atoms with E-state index in [1.54, 1.807) is 37.3 Å². The predicted molar refractivity (Wildman–Crippen MR) is 134 cm³/mol. The monoisotopic (exact) mass is 462 g/mol. The molecule has 8 nitrogen and oxygen atoms in total. The van der Waals surface area contributed by atoms with Gasteiger partial charge in [-0.05, 0) is 47.7 Å². The summed E-state index contributed by atoms with van der Waals surface area (Å²) in [5, 5.41) is 18.1. The number of urea groups is 1. The van der Waals surface area contributed by atoms with Crippen molar-refractivity contribution in [2.24, 2.45) is 0 Å². The summed E-state index contributed by atoms with van der Waals surface area (Å²) < 4.78 is 0. The Kier molecular flexibility index (Phi) is 7.53. The number of hydrogen-bond donors (Lipinski definition) is 5. The SMILES string of the molecule is CCNC(=O)Nc1cc(-c2cccc(NC(=O)c3ccc(C(C)(C)C)cc3)c2CO)c[nH]c1=O. The highest BCUT2D eigenvalue weighted by Crippen LogP contribution is 2.30. The molecule has 2 aromatic carbocycles. The number of aliphatic hydroxyl groups is 1. The van der Waals surface area contributed by atoms with Crippen molar-refractivity contribution in [2.75, 3.05) is 17.2 Å². The van der Waals surface area contributed by atoms with Gasteiger partial charge in [0.2, 0.25) is 0 Å². The lowest BCUT2D eigenvalue weighted by Gasteiger charge is -2.19. The largest absolute Gasteiger partial charge is 0.392 e. The third-order valence-corrected chi connectivity index (χ3v) is 5.40. The summed E-state index contributed by atoms with van der Waals surface area (Å²) >= 11 is 0. The van der Waals surface area contributed by atoms with Crippen LogP contribution in [0.5, 0.6) is 0 Å². The Bertz CT molecular complexity index is 1240. The predicted octanol–water partition coefficient (Wildman–Crippen LogP) is 4.23. The van der Waals surface area contributed by atoms with E-state index in [1.807, 2.05) is 12.1 Å². The summed E-state index contributed by atoms with van der Waals surface area (Å²) in [6.45, 7) is 8.16. The Morgan fingerprint density at radius 2 is 1.71 bits per heavy atom. The Hall–Kier alpha value is -3.91. The molecular formula is C26H30N4O4. The minimum absolute atomic E-state index is 0.0189. The van der Waals surface area contributed by atoms with Gasteiger partial charge in [0.15, 0.2) is 0 Å². The average molecular weight is 463 g/mol. The fourth-order valence-electron chi connectivity index (χ4n) is 3.52. The van der Waals surface area contributed by atoms with Crippen LogP contribution in [0.2, 0.25) is 0 Å². The summed E-state index contributed by atoms with van der Waals surface area (Å²) in [7, 11) is 0. The van der Waals surface area contributed by atoms with E-state index in [0.29, 0.717) is 34.5 Å². The second kappa shape index (κ2) is 10.4. The number of anilines is 2. The summed E-state index contributed by atoms with van der Waals surface area (Å²) in [6, 6.07) is 13.7. The van der Waals surface area contributed by atoms with E-state index in [1.165, 1.54) is 12.3 Å². The number of aliphatic hydroxyl groups excluding tert-OH is 1. The van der Waals surface area contributed by atoms with Gasteiger partial charge in [-0.2, -0.15) is 0 Å². The molecule has 0 bridgehead atoms. The molecular weight excluding hydrogens is 432 g/mol. The molecule has 5 N–H and O–H groups in total. The highest BCUT2D eigenvalue weighted by Gasteiger charge is 2.17. The van der Waals surface area contributed by atoms with E-state index in [9.17, 15) is 19.5 Å². The maximum absolute atomic E-state index is 12.9. The van der Waals surface area contributed by atoms with Gasteiger partial charge >= 0.3 is 6.03 Å². The first kappa shape index (κ1) is 24.7. The van der Waals surface area contributed by atoms with Gasteiger partial charge < -0.3 is 26.0 Å². The molecule has 0 unspecified atom stereocenters. The van der Waals surface area contributed by atoms with E-state index in [-0.39, 0.29) is 23.6 Å². The van der Waals surface area contributed by atoms with Crippen LogP contribution >= 0.6 is 0 Å². The maximum Gasteiger partial charge on any atom is 0.319 e. The normalized spacial score (nSPS) is 11.1. The maximum atomic E-state index is 12.9. The first-order chi connectivity index (χ1) is 16.1. The second-order valence-corrected chi connectivity index (χ2v) is 8.89.